The highest BCUT2D eigenvalue weighted by molar-refractivity contribution is 6.64. The molecule has 0 aromatic rings. The molecular weight excluding hydrogens is 319 g/mol. The van der Waals surface area contributed by atoms with Crippen molar-refractivity contribution in [1.82, 2.24) is 10.1 Å². The maximum atomic E-state index is 13.0. The molecule has 0 saturated carbocycles. The van der Waals surface area contributed by atoms with E-state index in [1.165, 1.54) is 0 Å². The summed E-state index contributed by atoms with van der Waals surface area (Å²) in [5.41, 5.74) is 0.129. The van der Waals surface area contributed by atoms with E-state index in [9.17, 15) is 14.4 Å². The number of ether oxygens (including phenoxy) is 1. The van der Waals surface area contributed by atoms with Gasteiger partial charge >= 0.3 is 5.97 Å². The number of hydrogen-bond acceptors (Lipinski definition) is 5. The Balaban J connectivity index is 5.53. The van der Waals surface area contributed by atoms with Crippen LogP contribution in [0.5, 0.6) is 0 Å². The van der Waals surface area contributed by atoms with Crippen LogP contribution in [0.1, 0.15) is 48.5 Å². The van der Waals surface area contributed by atoms with Crippen molar-refractivity contribution in [3.63, 3.8) is 0 Å². The van der Waals surface area contributed by atoms with Crippen molar-refractivity contribution < 1.29 is 19.1 Å². The number of amides is 1. The van der Waals surface area contributed by atoms with Crippen LogP contribution in [0.2, 0.25) is 0 Å². The Morgan fingerprint density at radius 3 is 2.24 bits per heavy atom. The number of nitrogens with one attached hydrogen (secondary N) is 1. The Morgan fingerprint density at radius 1 is 1.28 bits per heavy atom. The molecule has 0 fully saturated rings. The predicted octanol–water partition coefficient (Wildman–Crippen LogP) is 1.52. The van der Waals surface area contributed by atoms with Gasteiger partial charge in [-0.25, -0.2) is 4.79 Å². The van der Waals surface area contributed by atoms with E-state index in [1.807, 2.05) is 34.6 Å². The van der Waals surface area contributed by atoms with Gasteiger partial charge < -0.3 is 19.7 Å². The number of carbonyl (C=O) groups excluding carboxylic acids is 3. The third-order valence-electron chi connectivity index (χ3n) is 4.01. The zero-order valence-corrected chi connectivity index (χ0v) is 16.9. The second-order valence-corrected chi connectivity index (χ2v) is 7.63. The van der Waals surface area contributed by atoms with Gasteiger partial charge in [-0.05, 0) is 25.2 Å². The number of esters is 1. The van der Waals surface area contributed by atoms with Crippen LogP contribution in [0.25, 0.3) is 0 Å². The normalized spacial score (nSPS) is 14.7. The molecule has 0 saturated heterocycles. The van der Waals surface area contributed by atoms with Gasteiger partial charge in [0.1, 0.15) is 0 Å². The third-order valence-corrected chi connectivity index (χ3v) is 4.01. The van der Waals surface area contributed by atoms with Gasteiger partial charge in [-0.1, -0.05) is 40.7 Å². The average molecular weight is 352 g/mol. The molecule has 25 heavy (non-hydrogen) atoms. The van der Waals surface area contributed by atoms with Crippen molar-refractivity contribution in [2.45, 2.75) is 60.5 Å². The number of nitrogens with zero attached hydrogens (tertiary/aromatic N) is 1. The highest BCUT2D eigenvalue weighted by atomic mass is 16.5. The number of likely N-dealkylation sites (N-methyl/N-ethyl adjacent to an activating group) is 1. The van der Waals surface area contributed by atoms with Crippen LogP contribution >= 0.6 is 0 Å². The lowest BCUT2D eigenvalue weighted by atomic mass is 9.81. The highest BCUT2D eigenvalue weighted by Gasteiger charge is 2.35. The summed E-state index contributed by atoms with van der Waals surface area (Å²) in [4.78, 5) is 37.2. The van der Waals surface area contributed by atoms with Gasteiger partial charge in [0.25, 0.3) is 7.41 Å². The summed E-state index contributed by atoms with van der Waals surface area (Å²) in [5, 5.41) is 3.01. The maximum absolute atomic E-state index is 13.0. The van der Waals surface area contributed by atoms with Crippen LogP contribution in [-0.2, 0) is 19.1 Å². The fraction of sp³-hybridized carbons (Fsp3) is 0.722. The SMILES string of the molecule is CCOC(=O)/C(C)=C/[C@H](C(C)C)N(C)C(=O)C(NBC=O)C(C)(C)C. The van der Waals surface area contributed by atoms with Crippen molar-refractivity contribution in [3.05, 3.63) is 11.6 Å². The maximum Gasteiger partial charge on any atom is 0.333 e. The van der Waals surface area contributed by atoms with Crippen LogP contribution in [0.4, 0.5) is 0 Å². The smallest absolute Gasteiger partial charge is 0.333 e. The minimum absolute atomic E-state index is 0.110. The molecule has 0 aromatic heterocycles. The largest absolute Gasteiger partial charge is 0.463 e. The molecule has 0 aliphatic rings. The third kappa shape index (κ3) is 7.42. The standard InChI is InChI=1S/C18H33BN2O4/c1-9-25-17(24)13(4)10-14(12(2)3)21(8)16(23)15(18(5,6)7)20-19-11-22/h10-12,14-15,19-20H,9H2,1-8H3/b13-10+/t14-,15?/m1/s1. The molecule has 1 unspecified atom stereocenters. The van der Waals surface area contributed by atoms with E-state index in [1.54, 1.807) is 31.9 Å². The van der Waals surface area contributed by atoms with E-state index in [-0.39, 0.29) is 36.7 Å². The minimum atomic E-state index is -0.500. The van der Waals surface area contributed by atoms with Crippen LogP contribution in [0, 0.1) is 11.3 Å². The highest BCUT2D eigenvalue weighted by Crippen LogP contribution is 2.23. The Morgan fingerprint density at radius 2 is 1.84 bits per heavy atom. The van der Waals surface area contributed by atoms with E-state index in [0.717, 1.165) is 6.19 Å². The van der Waals surface area contributed by atoms with Crippen LogP contribution in [0.3, 0.4) is 0 Å². The minimum Gasteiger partial charge on any atom is -0.463 e. The zero-order chi connectivity index (χ0) is 19.8. The summed E-state index contributed by atoms with van der Waals surface area (Å²) < 4.78 is 5.02. The zero-order valence-electron chi connectivity index (χ0n) is 16.9. The summed E-state index contributed by atoms with van der Waals surface area (Å²) in [5.74, 6) is -0.369. The molecule has 0 rings (SSSR count). The molecule has 6 nitrogen and oxygen atoms in total. The molecule has 0 bridgehead atoms. The molecule has 0 aromatic carbocycles. The molecule has 0 radical (unpaired) electrons. The van der Waals surface area contributed by atoms with E-state index in [0.29, 0.717) is 12.2 Å². The van der Waals surface area contributed by atoms with Gasteiger partial charge in [-0.3, -0.25) is 4.79 Å². The van der Waals surface area contributed by atoms with Crippen molar-refractivity contribution in [2.24, 2.45) is 11.3 Å². The van der Waals surface area contributed by atoms with Gasteiger partial charge in [0.05, 0.1) is 24.9 Å². The molecule has 0 heterocycles. The summed E-state index contributed by atoms with van der Waals surface area (Å²) >= 11 is 0. The van der Waals surface area contributed by atoms with Crippen LogP contribution in [-0.4, -0.2) is 56.1 Å². The molecule has 7 heteroatoms. The monoisotopic (exact) mass is 352 g/mol. The lowest BCUT2D eigenvalue weighted by Gasteiger charge is -2.37. The quantitative estimate of drug-likeness (QED) is 0.295. The average Bonchev–Trinajstić information content (AvgIpc) is 2.50. The van der Waals surface area contributed by atoms with Crippen LogP contribution in [0.15, 0.2) is 11.6 Å². The van der Waals surface area contributed by atoms with Crippen molar-refractivity contribution in [1.29, 1.82) is 0 Å². The molecule has 2 atom stereocenters. The summed E-state index contributed by atoms with van der Waals surface area (Å²) in [7, 11) is 1.84. The summed E-state index contributed by atoms with van der Waals surface area (Å²) in [6.45, 7) is 13.6. The van der Waals surface area contributed by atoms with E-state index >= 15 is 0 Å². The molecule has 1 amide bonds. The second kappa shape index (κ2) is 10.4. The topological polar surface area (TPSA) is 75.7 Å². The molecular formula is C18H33BN2O4. The van der Waals surface area contributed by atoms with E-state index in [2.05, 4.69) is 5.23 Å². The number of rotatable bonds is 9. The number of hydrogen-bond donors (Lipinski definition) is 1. The fourth-order valence-electron chi connectivity index (χ4n) is 2.60. The lowest BCUT2D eigenvalue weighted by Crippen LogP contribution is -2.56. The Kier molecular flexibility index (Phi) is 9.71. The molecule has 0 spiro atoms. The van der Waals surface area contributed by atoms with Gasteiger partial charge in [0, 0.05) is 12.6 Å². The first kappa shape index (κ1) is 23.4. The fourth-order valence-corrected chi connectivity index (χ4v) is 2.60. The summed E-state index contributed by atoms with van der Waals surface area (Å²) in [6, 6.07) is -0.750. The lowest BCUT2D eigenvalue weighted by molar-refractivity contribution is -0.139. The van der Waals surface area contributed by atoms with E-state index in [4.69, 9.17) is 4.74 Å². The first-order valence-electron chi connectivity index (χ1n) is 8.76. The van der Waals surface area contributed by atoms with Crippen molar-refractivity contribution >= 4 is 25.5 Å². The summed E-state index contributed by atoms with van der Waals surface area (Å²) in [6.07, 6.45) is 2.52. The van der Waals surface area contributed by atoms with Crippen LogP contribution < -0.4 is 5.23 Å². The first-order chi connectivity index (χ1) is 11.5. The van der Waals surface area contributed by atoms with Gasteiger partial charge in [0.15, 0.2) is 0 Å². The Labute approximate surface area is 152 Å². The predicted molar refractivity (Wildman–Crippen MR) is 102 cm³/mol. The van der Waals surface area contributed by atoms with Crippen molar-refractivity contribution in [3.8, 4) is 0 Å². The molecule has 0 aliphatic heterocycles. The van der Waals surface area contributed by atoms with E-state index < -0.39 is 6.04 Å². The Bertz CT molecular complexity index is 498. The van der Waals surface area contributed by atoms with Gasteiger partial charge in [0.2, 0.25) is 5.91 Å². The van der Waals surface area contributed by atoms with Gasteiger partial charge in [-0.2, -0.15) is 0 Å². The molecule has 1 N–H and O–H groups in total. The number of carbonyl (C=O) groups is 3. The van der Waals surface area contributed by atoms with Gasteiger partial charge in [-0.15, -0.1) is 0 Å². The molecule has 142 valence electrons. The second-order valence-electron chi connectivity index (χ2n) is 7.63. The molecule has 0 aliphatic carbocycles. The first-order valence-corrected chi connectivity index (χ1v) is 8.76. The Hall–Kier alpha value is -1.63. The van der Waals surface area contributed by atoms with Crippen molar-refractivity contribution in [2.75, 3.05) is 13.7 Å².